The number of benzene rings is 2. The van der Waals surface area contributed by atoms with Crippen LogP contribution in [0.2, 0.25) is 0 Å². The smallest absolute Gasteiger partial charge is 0.116 e. The molecule has 2 aromatic rings. The fourth-order valence-electron chi connectivity index (χ4n) is 5.93. The topological polar surface area (TPSA) is 40.5 Å². The Morgan fingerprint density at radius 3 is 2.60 bits per heavy atom. The number of aliphatic hydroxyl groups is 1. The van der Waals surface area contributed by atoms with Gasteiger partial charge in [-0.3, -0.25) is 0 Å². The van der Waals surface area contributed by atoms with Crippen LogP contribution >= 0.6 is 0 Å². The van der Waals surface area contributed by atoms with Gasteiger partial charge in [0.15, 0.2) is 0 Å². The molecule has 0 aliphatic heterocycles. The van der Waals surface area contributed by atoms with Gasteiger partial charge in [0.2, 0.25) is 0 Å². The zero-order chi connectivity index (χ0) is 21.1. The summed E-state index contributed by atoms with van der Waals surface area (Å²) in [5, 5.41) is 21.2. The Morgan fingerprint density at radius 2 is 1.87 bits per heavy atom. The van der Waals surface area contributed by atoms with E-state index in [-0.39, 0.29) is 17.4 Å². The monoisotopic (exact) mass is 402 g/mol. The van der Waals surface area contributed by atoms with Gasteiger partial charge in [-0.15, -0.1) is 0 Å². The lowest BCUT2D eigenvalue weighted by Gasteiger charge is -2.37. The molecule has 1 fully saturated rings. The van der Waals surface area contributed by atoms with Crippen molar-refractivity contribution in [2.75, 3.05) is 0 Å². The van der Waals surface area contributed by atoms with E-state index < -0.39 is 0 Å². The zero-order valence-electron chi connectivity index (χ0n) is 18.1. The van der Waals surface area contributed by atoms with E-state index in [0.29, 0.717) is 5.75 Å². The predicted molar refractivity (Wildman–Crippen MR) is 125 cm³/mol. The molecule has 2 aliphatic rings. The summed E-state index contributed by atoms with van der Waals surface area (Å²) in [6.07, 6.45) is 8.35. The lowest BCUT2D eigenvalue weighted by Crippen LogP contribution is -2.29. The molecule has 1 saturated carbocycles. The van der Waals surface area contributed by atoms with Gasteiger partial charge in [-0.1, -0.05) is 80.8 Å². The number of allylic oxidation sites excluding steroid dienone is 3. The molecule has 2 aliphatic carbocycles. The number of aliphatic hydroxyl groups excluding tert-OH is 1. The molecule has 2 aromatic carbocycles. The minimum atomic E-state index is -0.300. The van der Waals surface area contributed by atoms with Crippen molar-refractivity contribution < 1.29 is 10.2 Å². The highest BCUT2D eigenvalue weighted by molar-refractivity contribution is 5.90. The summed E-state index contributed by atoms with van der Waals surface area (Å²) in [7, 11) is 0. The standard InChI is InChI=1S/C28H34O2/c1-3-4-5-7-13-23-19-25-26(30)16-17-28(25,20(2)21-11-8-6-9-12-21)27(23)22-14-10-15-24(29)18-22/h6,8-12,14-15,18,25-26,29-30H,2-5,7,13,16-17,19H2,1H3/t25?,26-,28?/m1/s1. The summed E-state index contributed by atoms with van der Waals surface area (Å²) < 4.78 is 0. The van der Waals surface area contributed by atoms with E-state index in [0.717, 1.165) is 42.4 Å². The molecule has 158 valence electrons. The average Bonchev–Trinajstić information content (AvgIpc) is 3.26. The summed E-state index contributed by atoms with van der Waals surface area (Å²) in [4.78, 5) is 0. The van der Waals surface area contributed by atoms with Crippen LogP contribution in [0.15, 0.2) is 66.7 Å². The van der Waals surface area contributed by atoms with Gasteiger partial charge in [-0.25, -0.2) is 0 Å². The van der Waals surface area contributed by atoms with Crippen molar-refractivity contribution in [2.45, 2.75) is 64.4 Å². The molecule has 0 heterocycles. The first-order chi connectivity index (χ1) is 14.6. The molecule has 4 rings (SSSR count). The number of unbranched alkanes of at least 4 members (excludes halogenated alkanes) is 3. The Balaban J connectivity index is 1.82. The van der Waals surface area contributed by atoms with Crippen molar-refractivity contribution in [1.29, 1.82) is 0 Å². The van der Waals surface area contributed by atoms with Crippen LogP contribution < -0.4 is 0 Å². The quantitative estimate of drug-likeness (QED) is 0.467. The van der Waals surface area contributed by atoms with Crippen molar-refractivity contribution in [1.82, 2.24) is 0 Å². The van der Waals surface area contributed by atoms with Crippen LogP contribution in [0.3, 0.4) is 0 Å². The van der Waals surface area contributed by atoms with Crippen molar-refractivity contribution in [3.05, 3.63) is 77.9 Å². The van der Waals surface area contributed by atoms with Crippen LogP contribution in [0.4, 0.5) is 0 Å². The zero-order valence-corrected chi connectivity index (χ0v) is 18.1. The van der Waals surface area contributed by atoms with Crippen LogP contribution in [0.1, 0.15) is 69.4 Å². The summed E-state index contributed by atoms with van der Waals surface area (Å²) in [5.74, 6) is 0.469. The molecule has 30 heavy (non-hydrogen) atoms. The fraction of sp³-hybridized carbons (Fsp3) is 0.429. The molecule has 3 atom stereocenters. The molecule has 0 spiro atoms. The average molecular weight is 403 g/mol. The van der Waals surface area contributed by atoms with Gasteiger partial charge in [0.1, 0.15) is 5.75 Å². The van der Waals surface area contributed by atoms with E-state index in [1.807, 2.05) is 18.2 Å². The summed E-state index contributed by atoms with van der Waals surface area (Å²) in [6, 6.07) is 18.1. The third kappa shape index (κ3) is 3.63. The molecule has 0 bridgehead atoms. The van der Waals surface area contributed by atoms with E-state index in [1.165, 1.54) is 36.8 Å². The molecular weight excluding hydrogens is 368 g/mol. The first kappa shape index (κ1) is 20.9. The maximum Gasteiger partial charge on any atom is 0.116 e. The summed E-state index contributed by atoms with van der Waals surface area (Å²) >= 11 is 0. The molecule has 2 heteroatoms. The van der Waals surface area contributed by atoms with E-state index in [2.05, 4.69) is 43.8 Å². The lowest BCUT2D eigenvalue weighted by molar-refractivity contribution is 0.120. The maximum absolute atomic E-state index is 11.0. The normalized spacial score (nSPS) is 25.5. The van der Waals surface area contributed by atoms with Crippen molar-refractivity contribution in [3.63, 3.8) is 0 Å². The van der Waals surface area contributed by atoms with Crippen molar-refractivity contribution in [2.24, 2.45) is 11.3 Å². The second-order valence-electron chi connectivity index (χ2n) is 9.07. The van der Waals surface area contributed by atoms with Crippen LogP contribution in [-0.2, 0) is 0 Å². The largest absolute Gasteiger partial charge is 0.508 e. The highest BCUT2D eigenvalue weighted by Gasteiger charge is 2.56. The molecule has 2 N–H and O–H groups in total. The summed E-state index contributed by atoms with van der Waals surface area (Å²) in [5.41, 5.74) is 5.89. The van der Waals surface area contributed by atoms with Gasteiger partial charge in [0, 0.05) is 11.3 Å². The first-order valence-electron chi connectivity index (χ1n) is 11.5. The van der Waals surface area contributed by atoms with Gasteiger partial charge in [-0.2, -0.15) is 0 Å². The van der Waals surface area contributed by atoms with E-state index in [1.54, 1.807) is 6.07 Å². The molecule has 2 unspecified atom stereocenters. The number of hydrogen-bond donors (Lipinski definition) is 2. The van der Waals surface area contributed by atoms with E-state index >= 15 is 0 Å². The highest BCUT2D eigenvalue weighted by atomic mass is 16.3. The fourth-order valence-corrected chi connectivity index (χ4v) is 5.93. The van der Waals surface area contributed by atoms with Gasteiger partial charge >= 0.3 is 0 Å². The number of rotatable bonds is 8. The van der Waals surface area contributed by atoms with Crippen LogP contribution in [0, 0.1) is 11.3 Å². The van der Waals surface area contributed by atoms with Crippen LogP contribution in [0.5, 0.6) is 5.75 Å². The van der Waals surface area contributed by atoms with Gasteiger partial charge in [0.05, 0.1) is 6.10 Å². The number of hydrogen-bond acceptors (Lipinski definition) is 2. The Hall–Kier alpha value is -2.32. The number of aromatic hydroxyl groups is 1. The third-order valence-corrected chi connectivity index (χ3v) is 7.33. The molecular formula is C28H34O2. The lowest BCUT2D eigenvalue weighted by atomic mass is 9.66. The Morgan fingerprint density at radius 1 is 1.07 bits per heavy atom. The highest BCUT2D eigenvalue weighted by Crippen LogP contribution is 2.66. The van der Waals surface area contributed by atoms with Crippen LogP contribution in [-0.4, -0.2) is 16.3 Å². The molecule has 0 aromatic heterocycles. The number of phenolic OH excluding ortho intramolecular Hbond substituents is 1. The van der Waals surface area contributed by atoms with E-state index in [9.17, 15) is 10.2 Å². The second-order valence-corrected chi connectivity index (χ2v) is 9.07. The second kappa shape index (κ2) is 8.81. The Kier molecular flexibility index (Phi) is 6.15. The van der Waals surface area contributed by atoms with Crippen molar-refractivity contribution in [3.8, 4) is 5.75 Å². The Labute approximate surface area is 181 Å². The van der Waals surface area contributed by atoms with Crippen LogP contribution in [0.25, 0.3) is 11.1 Å². The van der Waals surface area contributed by atoms with Crippen molar-refractivity contribution >= 4 is 11.1 Å². The SMILES string of the molecule is C=C(c1ccccc1)C12CC[C@@H](O)C1CC(CCCCCC)=C2c1cccc(O)c1. The summed E-state index contributed by atoms with van der Waals surface area (Å²) in [6.45, 7) is 6.85. The van der Waals surface area contributed by atoms with Gasteiger partial charge in [0.25, 0.3) is 0 Å². The molecule has 0 radical (unpaired) electrons. The molecule has 2 nitrogen and oxygen atoms in total. The third-order valence-electron chi connectivity index (χ3n) is 7.33. The molecule has 0 amide bonds. The first-order valence-corrected chi connectivity index (χ1v) is 11.5. The minimum absolute atomic E-state index is 0.170. The minimum Gasteiger partial charge on any atom is -0.508 e. The predicted octanol–water partition coefficient (Wildman–Crippen LogP) is 6.99. The van der Waals surface area contributed by atoms with Gasteiger partial charge < -0.3 is 10.2 Å². The number of phenols is 1. The Bertz CT molecular complexity index is 927. The van der Waals surface area contributed by atoms with E-state index in [4.69, 9.17) is 0 Å². The van der Waals surface area contributed by atoms with Gasteiger partial charge in [-0.05, 0) is 66.5 Å². The molecule has 0 saturated heterocycles. The maximum atomic E-state index is 11.0. The number of fused-ring (bicyclic) bond motifs is 1.